The summed E-state index contributed by atoms with van der Waals surface area (Å²) in [7, 11) is 0. The summed E-state index contributed by atoms with van der Waals surface area (Å²) in [6.45, 7) is 5.74. The molecular formula is C15H26O8. The van der Waals surface area contributed by atoms with Crippen LogP contribution < -0.4 is 0 Å². The fourth-order valence-electron chi connectivity index (χ4n) is 4.67. The van der Waals surface area contributed by atoms with Gasteiger partial charge in [0.2, 0.25) is 0 Å². The van der Waals surface area contributed by atoms with Gasteiger partial charge in [-0.15, -0.1) is 0 Å². The lowest BCUT2D eigenvalue weighted by atomic mass is 9.55. The Morgan fingerprint density at radius 3 is 2.26 bits per heavy atom. The molecule has 8 nitrogen and oxygen atoms in total. The summed E-state index contributed by atoms with van der Waals surface area (Å²) in [5.41, 5.74) is -4.52. The number of aliphatic hydroxyl groups is 4. The van der Waals surface area contributed by atoms with E-state index in [9.17, 15) is 30.5 Å². The summed E-state index contributed by atoms with van der Waals surface area (Å²) >= 11 is 0. The van der Waals surface area contributed by atoms with E-state index in [1.807, 2.05) is 0 Å². The highest BCUT2D eigenvalue weighted by Gasteiger charge is 2.77. The Morgan fingerprint density at radius 2 is 1.91 bits per heavy atom. The Hall–Kier alpha value is -0.770. The molecule has 1 aliphatic carbocycles. The fraction of sp³-hybridized carbons (Fsp3) is 0.933. The Morgan fingerprint density at radius 1 is 1.35 bits per heavy atom. The van der Waals surface area contributed by atoms with Crippen LogP contribution in [0.5, 0.6) is 0 Å². The van der Waals surface area contributed by atoms with E-state index in [1.165, 1.54) is 0 Å². The van der Waals surface area contributed by atoms with Gasteiger partial charge >= 0.3 is 5.97 Å². The second kappa shape index (κ2) is 5.65. The first-order chi connectivity index (χ1) is 10.5. The first-order valence-electron chi connectivity index (χ1n) is 7.70. The zero-order chi connectivity index (χ0) is 17.8. The average molecular weight is 334 g/mol. The number of cyclic esters (lactones) is 1. The van der Waals surface area contributed by atoms with Crippen molar-refractivity contribution in [3.63, 3.8) is 0 Å². The van der Waals surface area contributed by atoms with Crippen LogP contribution in [-0.4, -0.2) is 68.8 Å². The van der Waals surface area contributed by atoms with Crippen molar-refractivity contribution >= 4 is 5.97 Å². The van der Waals surface area contributed by atoms with Gasteiger partial charge in [-0.2, -0.15) is 0 Å². The third-order valence-electron chi connectivity index (χ3n) is 6.52. The number of rotatable bonds is 4. The second-order valence-electron chi connectivity index (χ2n) is 7.41. The first kappa shape index (κ1) is 18.6. The predicted molar refractivity (Wildman–Crippen MR) is 77.1 cm³/mol. The summed E-state index contributed by atoms with van der Waals surface area (Å²) in [6.07, 6.45) is -4.34. The van der Waals surface area contributed by atoms with E-state index < -0.39 is 59.2 Å². The minimum Gasteiger partial charge on any atom is -0.463 e. The first-order valence-corrected chi connectivity index (χ1v) is 7.70. The van der Waals surface area contributed by atoms with Gasteiger partial charge in [-0.05, 0) is 5.92 Å². The molecule has 2 fully saturated rings. The van der Waals surface area contributed by atoms with Crippen molar-refractivity contribution in [1.82, 2.24) is 0 Å². The lowest BCUT2D eigenvalue weighted by Gasteiger charge is -2.51. The van der Waals surface area contributed by atoms with Crippen LogP contribution in [0.2, 0.25) is 0 Å². The van der Waals surface area contributed by atoms with E-state index in [4.69, 9.17) is 4.74 Å². The summed E-state index contributed by atoms with van der Waals surface area (Å²) in [6, 6.07) is 0. The SMILES string of the molecule is CC(C)[C@@]1(O)C(OO)[C@H](O)C(C)(C2COC(=O)[C@@H]2O)C1(C)CO. The van der Waals surface area contributed by atoms with Gasteiger partial charge in [0.25, 0.3) is 0 Å². The molecule has 2 rings (SSSR count). The lowest BCUT2D eigenvalue weighted by molar-refractivity contribution is -0.335. The van der Waals surface area contributed by atoms with Crippen LogP contribution in [-0.2, 0) is 14.4 Å². The third-order valence-corrected chi connectivity index (χ3v) is 6.52. The number of carbonyl (C=O) groups excluding carboxylic acids is 1. The highest BCUT2D eigenvalue weighted by atomic mass is 17.1. The predicted octanol–water partition coefficient (Wildman–Crippen LogP) is -0.855. The van der Waals surface area contributed by atoms with Crippen LogP contribution >= 0.6 is 0 Å². The van der Waals surface area contributed by atoms with E-state index in [0.717, 1.165) is 0 Å². The molecule has 0 spiro atoms. The van der Waals surface area contributed by atoms with Gasteiger partial charge in [0.1, 0.15) is 11.7 Å². The normalized spacial score (nSPS) is 50.6. The van der Waals surface area contributed by atoms with E-state index >= 15 is 0 Å². The Kier molecular flexibility index (Phi) is 4.56. The van der Waals surface area contributed by atoms with E-state index in [2.05, 4.69) is 4.89 Å². The zero-order valence-electron chi connectivity index (χ0n) is 13.8. The fourth-order valence-corrected chi connectivity index (χ4v) is 4.67. The molecule has 0 bridgehead atoms. The monoisotopic (exact) mass is 334 g/mol. The number of esters is 1. The van der Waals surface area contributed by atoms with Gasteiger partial charge in [-0.3, -0.25) is 5.26 Å². The third kappa shape index (κ3) is 1.96. The van der Waals surface area contributed by atoms with Gasteiger partial charge in [0.15, 0.2) is 6.10 Å². The van der Waals surface area contributed by atoms with Crippen LogP contribution in [0.4, 0.5) is 0 Å². The number of hydrogen-bond donors (Lipinski definition) is 5. The molecule has 4 unspecified atom stereocenters. The van der Waals surface area contributed by atoms with Crippen molar-refractivity contribution in [2.45, 2.75) is 51.6 Å². The molecule has 0 radical (unpaired) electrons. The molecule has 0 amide bonds. The topological polar surface area (TPSA) is 137 Å². The largest absolute Gasteiger partial charge is 0.463 e. The summed E-state index contributed by atoms with van der Waals surface area (Å²) in [5, 5.41) is 51.5. The number of carbonyl (C=O) groups is 1. The summed E-state index contributed by atoms with van der Waals surface area (Å²) < 4.78 is 4.87. The van der Waals surface area contributed by atoms with E-state index in [-0.39, 0.29) is 6.61 Å². The molecular weight excluding hydrogens is 308 g/mol. The van der Waals surface area contributed by atoms with Crippen LogP contribution in [0, 0.1) is 22.7 Å². The van der Waals surface area contributed by atoms with Gasteiger partial charge in [0, 0.05) is 16.7 Å². The Labute approximate surface area is 134 Å². The standard InChI is InChI=1S/C15H26O8/c1-7(2)15(20)11(23-21)10(18)14(4,13(15,3)6-16)8-5-22-12(19)9(8)17/h7-11,16-18,20-21H,5-6H2,1-4H3/t8?,9-,10+,11?,13?,14?,15-/m1/s1. The van der Waals surface area contributed by atoms with Crippen LogP contribution in [0.1, 0.15) is 27.7 Å². The Balaban J connectivity index is 2.65. The molecule has 1 heterocycles. The molecule has 134 valence electrons. The van der Waals surface area contributed by atoms with Crippen molar-refractivity contribution in [3.8, 4) is 0 Å². The van der Waals surface area contributed by atoms with Crippen molar-refractivity contribution in [3.05, 3.63) is 0 Å². The zero-order valence-corrected chi connectivity index (χ0v) is 13.8. The van der Waals surface area contributed by atoms with Crippen molar-refractivity contribution < 1.29 is 40.1 Å². The van der Waals surface area contributed by atoms with Gasteiger partial charge in [-0.1, -0.05) is 27.7 Å². The van der Waals surface area contributed by atoms with E-state index in [1.54, 1.807) is 27.7 Å². The van der Waals surface area contributed by atoms with Crippen molar-refractivity contribution in [1.29, 1.82) is 0 Å². The molecule has 7 atom stereocenters. The highest BCUT2D eigenvalue weighted by Crippen LogP contribution is 2.65. The van der Waals surface area contributed by atoms with Gasteiger partial charge < -0.3 is 25.2 Å². The Bertz CT molecular complexity index is 482. The molecule has 0 aromatic heterocycles. The molecule has 1 aliphatic heterocycles. The maximum Gasteiger partial charge on any atom is 0.335 e. The quantitative estimate of drug-likeness (QED) is 0.255. The van der Waals surface area contributed by atoms with Crippen molar-refractivity contribution in [2.24, 2.45) is 22.7 Å². The minimum absolute atomic E-state index is 0.157. The van der Waals surface area contributed by atoms with Gasteiger partial charge in [0.05, 0.1) is 19.3 Å². The van der Waals surface area contributed by atoms with Crippen LogP contribution in [0.25, 0.3) is 0 Å². The second-order valence-corrected chi connectivity index (χ2v) is 7.41. The number of hydrogen-bond acceptors (Lipinski definition) is 8. The highest BCUT2D eigenvalue weighted by molar-refractivity contribution is 5.77. The summed E-state index contributed by atoms with van der Waals surface area (Å²) in [4.78, 5) is 16.0. The number of ether oxygens (including phenoxy) is 1. The molecule has 2 aliphatic rings. The lowest BCUT2D eigenvalue weighted by Crippen LogP contribution is -2.60. The van der Waals surface area contributed by atoms with Crippen molar-refractivity contribution in [2.75, 3.05) is 13.2 Å². The van der Waals surface area contributed by atoms with Gasteiger partial charge in [-0.25, -0.2) is 9.68 Å². The minimum atomic E-state index is -1.80. The average Bonchev–Trinajstić information content (AvgIpc) is 2.90. The molecule has 1 saturated carbocycles. The van der Waals surface area contributed by atoms with Crippen LogP contribution in [0.3, 0.4) is 0 Å². The molecule has 8 heteroatoms. The molecule has 1 saturated heterocycles. The smallest absolute Gasteiger partial charge is 0.335 e. The molecule has 0 aromatic rings. The molecule has 23 heavy (non-hydrogen) atoms. The maximum atomic E-state index is 11.6. The summed E-state index contributed by atoms with van der Waals surface area (Å²) in [5.74, 6) is -2.18. The number of aliphatic hydroxyl groups excluding tert-OH is 3. The molecule has 0 aromatic carbocycles. The van der Waals surface area contributed by atoms with Crippen LogP contribution in [0.15, 0.2) is 0 Å². The maximum absolute atomic E-state index is 11.6. The molecule has 5 N–H and O–H groups in total. The van der Waals surface area contributed by atoms with E-state index in [0.29, 0.717) is 0 Å².